The lowest BCUT2D eigenvalue weighted by Gasteiger charge is -2.28. The van der Waals surface area contributed by atoms with E-state index in [2.05, 4.69) is 31.4 Å². The highest BCUT2D eigenvalue weighted by atomic mass is 16.5. The smallest absolute Gasteiger partial charge is 0.255 e. The second kappa shape index (κ2) is 17.3. The number of aliphatic hydroxyl groups excluding tert-OH is 1. The van der Waals surface area contributed by atoms with Crippen molar-refractivity contribution in [2.45, 2.75) is 71.9 Å². The average molecular weight is 494 g/mol. The summed E-state index contributed by atoms with van der Waals surface area (Å²) >= 11 is 0. The zero-order valence-corrected chi connectivity index (χ0v) is 22.2. The van der Waals surface area contributed by atoms with Gasteiger partial charge in [-0.3, -0.25) is 9.59 Å². The number of hydrogen-bond donors (Lipinski definition) is 4. The van der Waals surface area contributed by atoms with Crippen LogP contribution in [0.3, 0.4) is 0 Å². The Balaban J connectivity index is 2.62. The van der Waals surface area contributed by atoms with Gasteiger partial charge in [0.15, 0.2) is 0 Å². The number of hydrogen-bond acceptors (Lipinski definition) is 6. The third-order valence-electron chi connectivity index (χ3n) is 6.29. The molecule has 0 fully saturated rings. The van der Waals surface area contributed by atoms with Gasteiger partial charge in [0, 0.05) is 45.2 Å². The van der Waals surface area contributed by atoms with Gasteiger partial charge in [-0.2, -0.15) is 0 Å². The maximum absolute atomic E-state index is 12.9. The minimum atomic E-state index is -0.792. The van der Waals surface area contributed by atoms with Gasteiger partial charge >= 0.3 is 0 Å². The highest BCUT2D eigenvalue weighted by Gasteiger charge is 2.26. The molecule has 0 aliphatic heterocycles. The van der Waals surface area contributed by atoms with Crippen LogP contribution in [0.4, 0.5) is 0 Å². The summed E-state index contributed by atoms with van der Waals surface area (Å²) in [5.41, 5.74) is 6.81. The highest BCUT2D eigenvalue weighted by molar-refractivity contribution is 5.96. The average Bonchev–Trinajstić information content (AvgIpc) is 2.84. The molecule has 1 aromatic rings. The van der Waals surface area contributed by atoms with E-state index >= 15 is 0 Å². The molecule has 200 valence electrons. The molecule has 0 bridgehead atoms. The molecule has 2 amide bonds. The molecule has 0 heterocycles. The fourth-order valence-corrected chi connectivity index (χ4v) is 3.79. The summed E-state index contributed by atoms with van der Waals surface area (Å²) in [7, 11) is 1.64. The van der Waals surface area contributed by atoms with E-state index in [1.54, 1.807) is 19.2 Å². The molecule has 0 radical (unpaired) electrons. The topological polar surface area (TPSA) is 123 Å². The van der Waals surface area contributed by atoms with Gasteiger partial charge in [0.25, 0.3) is 5.91 Å². The SMILES string of the molecule is CCCCNC(=O)[C@H](C)C[C@H](O)[C@@H](N)C[C@@H](CNC(=O)c1ccccc1OCCCOC)C(C)C. The number of methoxy groups -OCH3 is 1. The third-order valence-corrected chi connectivity index (χ3v) is 6.29. The summed E-state index contributed by atoms with van der Waals surface area (Å²) in [6, 6.07) is 6.69. The molecule has 5 N–H and O–H groups in total. The largest absolute Gasteiger partial charge is 0.493 e. The zero-order valence-electron chi connectivity index (χ0n) is 22.2. The Morgan fingerprint density at radius 3 is 2.43 bits per heavy atom. The van der Waals surface area contributed by atoms with Crippen LogP contribution in [-0.2, 0) is 9.53 Å². The predicted octanol–water partition coefficient (Wildman–Crippen LogP) is 3.12. The molecule has 1 rings (SSSR count). The molecular weight excluding hydrogens is 446 g/mol. The number of nitrogens with two attached hydrogens (primary N) is 1. The Labute approximate surface area is 211 Å². The summed E-state index contributed by atoms with van der Waals surface area (Å²) in [6.07, 6.45) is 2.75. The van der Waals surface area contributed by atoms with Crippen LogP contribution in [0.15, 0.2) is 24.3 Å². The van der Waals surface area contributed by atoms with Crippen LogP contribution in [0.5, 0.6) is 5.75 Å². The number of nitrogens with one attached hydrogen (secondary N) is 2. The monoisotopic (exact) mass is 493 g/mol. The van der Waals surface area contributed by atoms with Crippen molar-refractivity contribution in [3.8, 4) is 5.75 Å². The molecule has 0 saturated carbocycles. The molecule has 1 aromatic carbocycles. The van der Waals surface area contributed by atoms with Gasteiger partial charge in [-0.15, -0.1) is 0 Å². The lowest BCUT2D eigenvalue weighted by Crippen LogP contribution is -2.42. The number of carbonyl (C=O) groups excluding carboxylic acids is 2. The van der Waals surface area contributed by atoms with Gasteiger partial charge in [0.2, 0.25) is 5.91 Å². The molecule has 0 unspecified atom stereocenters. The molecule has 0 aromatic heterocycles. The molecule has 0 spiro atoms. The lowest BCUT2D eigenvalue weighted by molar-refractivity contribution is -0.125. The Morgan fingerprint density at radius 2 is 1.77 bits per heavy atom. The zero-order chi connectivity index (χ0) is 26.2. The van der Waals surface area contributed by atoms with Crippen molar-refractivity contribution in [3.63, 3.8) is 0 Å². The first kappa shape index (κ1) is 30.9. The summed E-state index contributed by atoms with van der Waals surface area (Å²) in [5.74, 6) is 0.298. The summed E-state index contributed by atoms with van der Waals surface area (Å²) < 4.78 is 10.8. The van der Waals surface area contributed by atoms with Crippen LogP contribution in [-0.4, -0.2) is 62.5 Å². The van der Waals surface area contributed by atoms with E-state index in [-0.39, 0.29) is 29.6 Å². The van der Waals surface area contributed by atoms with Gasteiger partial charge in [0.1, 0.15) is 5.75 Å². The van der Waals surface area contributed by atoms with E-state index in [9.17, 15) is 14.7 Å². The lowest BCUT2D eigenvalue weighted by atomic mass is 9.86. The minimum Gasteiger partial charge on any atom is -0.493 e. The number of unbranched alkanes of at least 4 members (excludes halogenated alkanes) is 1. The first-order chi connectivity index (χ1) is 16.7. The quantitative estimate of drug-likeness (QED) is 0.233. The van der Waals surface area contributed by atoms with E-state index < -0.39 is 12.1 Å². The van der Waals surface area contributed by atoms with Crippen molar-refractivity contribution in [2.75, 3.05) is 33.4 Å². The van der Waals surface area contributed by atoms with Crippen LogP contribution < -0.4 is 21.1 Å². The molecule has 0 aliphatic rings. The van der Waals surface area contributed by atoms with Crippen molar-refractivity contribution in [1.82, 2.24) is 10.6 Å². The number of ether oxygens (including phenoxy) is 2. The van der Waals surface area contributed by atoms with Gasteiger partial charge in [-0.1, -0.05) is 46.2 Å². The first-order valence-corrected chi connectivity index (χ1v) is 12.9. The molecule has 4 atom stereocenters. The normalized spacial score (nSPS) is 14.7. The van der Waals surface area contributed by atoms with Crippen LogP contribution in [0.1, 0.15) is 70.2 Å². The fraction of sp³-hybridized carbons (Fsp3) is 0.704. The van der Waals surface area contributed by atoms with E-state index in [1.807, 2.05) is 19.1 Å². The van der Waals surface area contributed by atoms with Crippen LogP contribution >= 0.6 is 0 Å². The van der Waals surface area contributed by atoms with E-state index in [4.69, 9.17) is 15.2 Å². The van der Waals surface area contributed by atoms with Gasteiger partial charge in [-0.05, 0) is 43.2 Å². The maximum atomic E-state index is 12.9. The predicted molar refractivity (Wildman–Crippen MR) is 139 cm³/mol. The third kappa shape index (κ3) is 11.9. The molecule has 0 saturated heterocycles. The molecule has 0 aliphatic carbocycles. The molecule has 8 nitrogen and oxygen atoms in total. The number of para-hydroxylation sites is 1. The van der Waals surface area contributed by atoms with Crippen molar-refractivity contribution < 1.29 is 24.2 Å². The Bertz CT molecular complexity index is 743. The van der Waals surface area contributed by atoms with Crippen molar-refractivity contribution in [3.05, 3.63) is 29.8 Å². The first-order valence-electron chi connectivity index (χ1n) is 12.9. The van der Waals surface area contributed by atoms with Gasteiger partial charge in [0.05, 0.1) is 18.3 Å². The number of rotatable bonds is 18. The second-order valence-corrected chi connectivity index (χ2v) is 9.65. The summed E-state index contributed by atoms with van der Waals surface area (Å²) in [5, 5.41) is 16.5. The van der Waals surface area contributed by atoms with E-state index in [0.717, 1.165) is 19.3 Å². The van der Waals surface area contributed by atoms with Gasteiger partial charge in [-0.25, -0.2) is 0 Å². The number of aliphatic hydroxyl groups is 1. The fourth-order valence-electron chi connectivity index (χ4n) is 3.79. The molecule has 8 heteroatoms. The van der Waals surface area contributed by atoms with Crippen molar-refractivity contribution in [2.24, 2.45) is 23.5 Å². The second-order valence-electron chi connectivity index (χ2n) is 9.65. The standard InChI is InChI=1S/C27H47N3O5/c1-6-7-13-29-26(32)20(4)16-24(31)23(28)17-21(19(2)3)18-30-27(33)22-11-8-9-12-25(22)35-15-10-14-34-5/h8-9,11-12,19-21,23-24,31H,6-7,10,13-18,28H2,1-5H3,(H,29,32)(H,30,33)/t20-,21+,23+,24+/m1/s1. The van der Waals surface area contributed by atoms with Crippen molar-refractivity contribution in [1.29, 1.82) is 0 Å². The van der Waals surface area contributed by atoms with Crippen LogP contribution in [0, 0.1) is 17.8 Å². The summed E-state index contributed by atoms with van der Waals surface area (Å²) in [6.45, 7) is 10.2. The summed E-state index contributed by atoms with van der Waals surface area (Å²) in [4.78, 5) is 25.1. The Kier molecular flexibility index (Phi) is 15.3. The van der Waals surface area contributed by atoms with Crippen molar-refractivity contribution >= 4 is 11.8 Å². The highest BCUT2D eigenvalue weighted by Crippen LogP contribution is 2.21. The van der Waals surface area contributed by atoms with Gasteiger partial charge < -0.3 is 30.9 Å². The molecule has 35 heavy (non-hydrogen) atoms. The Morgan fingerprint density at radius 1 is 1.06 bits per heavy atom. The maximum Gasteiger partial charge on any atom is 0.255 e. The van der Waals surface area contributed by atoms with E-state index in [0.29, 0.717) is 50.5 Å². The Hall–Kier alpha value is -2.16. The van der Waals surface area contributed by atoms with Crippen LogP contribution in [0.2, 0.25) is 0 Å². The minimum absolute atomic E-state index is 0.0551. The molecular formula is C27H47N3O5. The van der Waals surface area contributed by atoms with E-state index in [1.165, 1.54) is 0 Å². The number of amides is 2. The number of carbonyl (C=O) groups is 2. The number of benzene rings is 1. The van der Waals surface area contributed by atoms with Crippen LogP contribution in [0.25, 0.3) is 0 Å².